The number of fused-ring (bicyclic) bond motifs is 1. The minimum Gasteiger partial charge on any atom is -0.493 e. The lowest BCUT2D eigenvalue weighted by Gasteiger charge is -2.17. The molecular formula is C17H16N4O. The molecule has 4 rings (SSSR count). The number of nitrogens with zero attached hydrogens (tertiary/aromatic N) is 3. The summed E-state index contributed by atoms with van der Waals surface area (Å²) in [6.45, 7) is 0.755. The van der Waals surface area contributed by atoms with Crippen molar-refractivity contribution in [3.8, 4) is 5.75 Å². The molecular weight excluding hydrogens is 276 g/mol. The maximum atomic E-state index is 5.87. The summed E-state index contributed by atoms with van der Waals surface area (Å²) in [6, 6.07) is 10.3. The lowest BCUT2D eigenvalue weighted by molar-refractivity contribution is 0.352. The van der Waals surface area contributed by atoms with Gasteiger partial charge in [-0.1, -0.05) is 18.2 Å². The molecule has 5 heteroatoms. The largest absolute Gasteiger partial charge is 0.493 e. The highest BCUT2D eigenvalue weighted by Gasteiger charge is 2.25. The highest BCUT2D eigenvalue weighted by atomic mass is 16.5. The van der Waals surface area contributed by atoms with E-state index in [1.165, 1.54) is 11.1 Å². The number of hydrogen-bond acceptors (Lipinski definition) is 4. The fourth-order valence-corrected chi connectivity index (χ4v) is 3.00. The average molecular weight is 292 g/mol. The summed E-state index contributed by atoms with van der Waals surface area (Å²) in [6.07, 6.45) is 7.06. The fraction of sp³-hybridized carbons (Fsp3) is 0.235. The van der Waals surface area contributed by atoms with Crippen molar-refractivity contribution in [2.75, 3.05) is 6.61 Å². The van der Waals surface area contributed by atoms with Gasteiger partial charge in [0.15, 0.2) is 0 Å². The number of para-hydroxylation sites is 1. The Morgan fingerprint density at radius 2 is 2.23 bits per heavy atom. The van der Waals surface area contributed by atoms with Gasteiger partial charge >= 0.3 is 0 Å². The molecule has 22 heavy (non-hydrogen) atoms. The van der Waals surface area contributed by atoms with Crippen LogP contribution in [0.15, 0.2) is 49.1 Å². The van der Waals surface area contributed by atoms with E-state index in [4.69, 9.17) is 4.74 Å². The number of nitrogens with one attached hydrogen (secondary N) is 1. The third-order valence-electron chi connectivity index (χ3n) is 4.04. The van der Waals surface area contributed by atoms with E-state index in [-0.39, 0.29) is 5.92 Å². The molecule has 0 saturated carbocycles. The van der Waals surface area contributed by atoms with Crippen molar-refractivity contribution in [2.45, 2.75) is 18.8 Å². The third-order valence-corrected chi connectivity index (χ3v) is 4.04. The molecule has 110 valence electrons. The number of aromatic amines is 1. The van der Waals surface area contributed by atoms with Crippen LogP contribution in [-0.2, 0) is 12.8 Å². The Balaban J connectivity index is 1.77. The number of rotatable bonds is 4. The van der Waals surface area contributed by atoms with Crippen molar-refractivity contribution in [1.29, 1.82) is 0 Å². The lowest BCUT2D eigenvalue weighted by Crippen LogP contribution is -2.09. The summed E-state index contributed by atoms with van der Waals surface area (Å²) in [7, 11) is 0. The second kappa shape index (κ2) is 5.60. The molecule has 1 aromatic carbocycles. The molecule has 1 atom stereocenters. The highest BCUT2D eigenvalue weighted by molar-refractivity contribution is 5.48. The molecule has 3 heterocycles. The van der Waals surface area contributed by atoms with E-state index >= 15 is 0 Å². The van der Waals surface area contributed by atoms with Crippen molar-refractivity contribution < 1.29 is 4.74 Å². The summed E-state index contributed by atoms with van der Waals surface area (Å²) in [5.41, 5.74) is 4.39. The van der Waals surface area contributed by atoms with Crippen LogP contribution in [0.1, 0.15) is 28.4 Å². The maximum Gasteiger partial charge on any atom is 0.126 e. The second-order valence-corrected chi connectivity index (χ2v) is 5.40. The van der Waals surface area contributed by atoms with E-state index in [0.29, 0.717) is 0 Å². The number of ether oxygens (including phenoxy) is 1. The molecule has 0 spiro atoms. The summed E-state index contributed by atoms with van der Waals surface area (Å²) in [4.78, 5) is 7.50. The minimum atomic E-state index is 0.107. The van der Waals surface area contributed by atoms with Gasteiger partial charge in [0, 0.05) is 36.7 Å². The van der Waals surface area contributed by atoms with E-state index in [0.717, 1.165) is 36.6 Å². The first kappa shape index (κ1) is 13.0. The van der Waals surface area contributed by atoms with Gasteiger partial charge in [0.2, 0.25) is 0 Å². The number of H-pyrrole nitrogens is 1. The first-order valence-corrected chi connectivity index (χ1v) is 7.41. The van der Waals surface area contributed by atoms with E-state index in [9.17, 15) is 0 Å². The zero-order valence-corrected chi connectivity index (χ0v) is 12.1. The number of imidazole rings is 1. The van der Waals surface area contributed by atoms with Gasteiger partial charge in [0.1, 0.15) is 5.75 Å². The van der Waals surface area contributed by atoms with E-state index in [2.05, 4.69) is 38.4 Å². The van der Waals surface area contributed by atoms with Gasteiger partial charge in [0.05, 0.1) is 24.3 Å². The Bertz CT molecular complexity index is 756. The van der Waals surface area contributed by atoms with Crippen molar-refractivity contribution >= 4 is 0 Å². The minimum absolute atomic E-state index is 0.107. The predicted molar refractivity (Wildman–Crippen MR) is 81.8 cm³/mol. The lowest BCUT2D eigenvalue weighted by atomic mass is 9.89. The Labute approximate surface area is 128 Å². The van der Waals surface area contributed by atoms with E-state index < -0.39 is 0 Å². The van der Waals surface area contributed by atoms with Crippen molar-refractivity contribution in [1.82, 2.24) is 20.2 Å². The molecule has 0 aliphatic carbocycles. The molecule has 0 radical (unpaired) electrons. The van der Waals surface area contributed by atoms with Gasteiger partial charge in [-0.25, -0.2) is 4.98 Å². The molecule has 0 bridgehead atoms. The summed E-state index contributed by atoms with van der Waals surface area (Å²) in [5, 5.41) is 8.19. The Hall–Kier alpha value is -2.69. The SMILES string of the molecule is c1cnnc(C[C@@H](c2c[nH]cn2)c2cccc3c2OCC3)c1. The molecule has 5 nitrogen and oxygen atoms in total. The van der Waals surface area contributed by atoms with Crippen molar-refractivity contribution in [2.24, 2.45) is 0 Å². The molecule has 0 saturated heterocycles. The number of hydrogen-bond donors (Lipinski definition) is 1. The van der Waals surface area contributed by atoms with Gasteiger partial charge in [-0.15, -0.1) is 0 Å². The van der Waals surface area contributed by atoms with Crippen LogP contribution in [0.2, 0.25) is 0 Å². The Kier molecular flexibility index (Phi) is 3.31. The van der Waals surface area contributed by atoms with Crippen LogP contribution in [0.3, 0.4) is 0 Å². The summed E-state index contributed by atoms with van der Waals surface area (Å²) >= 11 is 0. The number of benzene rings is 1. The average Bonchev–Trinajstić information content (AvgIpc) is 3.24. The smallest absolute Gasteiger partial charge is 0.126 e. The molecule has 0 unspecified atom stereocenters. The monoisotopic (exact) mass is 292 g/mol. The molecule has 1 aliphatic heterocycles. The van der Waals surface area contributed by atoms with Crippen LogP contribution in [0.5, 0.6) is 5.75 Å². The summed E-state index contributed by atoms with van der Waals surface area (Å²) in [5.74, 6) is 1.12. The molecule has 0 fully saturated rings. The van der Waals surface area contributed by atoms with Crippen LogP contribution in [-0.4, -0.2) is 26.8 Å². The highest BCUT2D eigenvalue weighted by Crippen LogP contribution is 2.38. The number of aromatic nitrogens is 4. The fourth-order valence-electron chi connectivity index (χ4n) is 3.00. The van der Waals surface area contributed by atoms with Crippen LogP contribution < -0.4 is 4.74 Å². The van der Waals surface area contributed by atoms with E-state index in [1.807, 2.05) is 18.3 Å². The zero-order chi connectivity index (χ0) is 14.8. The first-order chi connectivity index (χ1) is 10.9. The van der Waals surface area contributed by atoms with E-state index in [1.54, 1.807) is 12.5 Å². The van der Waals surface area contributed by atoms with Gasteiger partial charge in [0.25, 0.3) is 0 Å². The van der Waals surface area contributed by atoms with Crippen molar-refractivity contribution in [3.63, 3.8) is 0 Å². The quantitative estimate of drug-likeness (QED) is 0.802. The molecule has 1 N–H and O–H groups in total. The predicted octanol–water partition coefficient (Wildman–Crippen LogP) is 2.51. The Morgan fingerprint density at radius 1 is 1.23 bits per heavy atom. The first-order valence-electron chi connectivity index (χ1n) is 7.41. The second-order valence-electron chi connectivity index (χ2n) is 5.40. The van der Waals surface area contributed by atoms with Crippen LogP contribution in [0.4, 0.5) is 0 Å². The third kappa shape index (κ3) is 2.35. The maximum absolute atomic E-state index is 5.87. The molecule has 1 aliphatic rings. The van der Waals surface area contributed by atoms with Crippen LogP contribution in [0.25, 0.3) is 0 Å². The van der Waals surface area contributed by atoms with Gasteiger partial charge in [-0.3, -0.25) is 0 Å². The topological polar surface area (TPSA) is 63.7 Å². The van der Waals surface area contributed by atoms with Gasteiger partial charge < -0.3 is 9.72 Å². The van der Waals surface area contributed by atoms with Crippen molar-refractivity contribution in [3.05, 3.63) is 71.6 Å². The van der Waals surface area contributed by atoms with Gasteiger partial charge in [-0.05, 0) is 17.7 Å². The standard InChI is InChI=1S/C17H16N4O/c1-3-12-6-8-22-17(12)14(5-1)15(16-10-18-11-19-16)9-13-4-2-7-20-21-13/h1-5,7,10-11,15H,6,8-9H2,(H,18,19)/t15-/m1/s1. The Morgan fingerprint density at radius 3 is 3.05 bits per heavy atom. The van der Waals surface area contributed by atoms with Gasteiger partial charge in [-0.2, -0.15) is 10.2 Å². The van der Waals surface area contributed by atoms with Crippen LogP contribution >= 0.6 is 0 Å². The molecule has 0 amide bonds. The van der Waals surface area contributed by atoms with Crippen LogP contribution in [0, 0.1) is 0 Å². The zero-order valence-electron chi connectivity index (χ0n) is 12.1. The normalized spacial score (nSPS) is 14.4. The molecule has 2 aromatic heterocycles. The summed E-state index contributed by atoms with van der Waals surface area (Å²) < 4.78 is 5.87. The molecule has 3 aromatic rings.